The van der Waals surface area contributed by atoms with Crippen LogP contribution in [0.1, 0.15) is 10.4 Å². The molecule has 150 valence electrons. The van der Waals surface area contributed by atoms with Crippen LogP contribution in [0.5, 0.6) is 0 Å². The molecular formula is C14H16Cl3N3O7. The second kappa shape index (κ2) is 10.7. The zero-order valence-corrected chi connectivity index (χ0v) is 16.0. The first kappa shape index (κ1) is 23.5. The molecule has 1 aromatic carbocycles. The van der Waals surface area contributed by atoms with Gasteiger partial charge in [0.1, 0.15) is 18.3 Å². The summed E-state index contributed by atoms with van der Waals surface area (Å²) in [6.07, 6.45) is -7.96. The summed E-state index contributed by atoms with van der Waals surface area (Å²) >= 11 is 17.6. The molecule has 0 saturated carbocycles. The van der Waals surface area contributed by atoms with Crippen LogP contribution < -0.4 is 5.84 Å². The third-order valence-electron chi connectivity index (χ3n) is 3.35. The van der Waals surface area contributed by atoms with Gasteiger partial charge in [0.2, 0.25) is 6.73 Å². The van der Waals surface area contributed by atoms with E-state index in [2.05, 4.69) is 15.1 Å². The molecule has 5 N–H and O–H groups in total. The zero-order valence-electron chi connectivity index (χ0n) is 13.8. The summed E-state index contributed by atoms with van der Waals surface area (Å²) in [4.78, 5) is 24.1. The van der Waals surface area contributed by atoms with Crippen molar-refractivity contribution in [2.24, 2.45) is 16.2 Å². The van der Waals surface area contributed by atoms with Gasteiger partial charge in [-0.3, -0.25) is 4.79 Å². The van der Waals surface area contributed by atoms with Gasteiger partial charge in [-0.15, -0.1) is 5.11 Å². The average Bonchev–Trinajstić information content (AvgIpc) is 2.60. The van der Waals surface area contributed by atoms with Crippen LogP contribution in [-0.4, -0.2) is 65.3 Å². The Morgan fingerprint density at radius 2 is 1.70 bits per heavy atom. The lowest BCUT2D eigenvalue weighted by Crippen LogP contribution is -2.51. The van der Waals surface area contributed by atoms with Gasteiger partial charge in [0, 0.05) is 12.1 Å². The largest absolute Gasteiger partial charge is 0.439 e. The van der Waals surface area contributed by atoms with Crippen molar-refractivity contribution < 1.29 is 34.4 Å². The van der Waals surface area contributed by atoms with Gasteiger partial charge in [0.05, 0.1) is 15.6 Å². The maximum Gasteiger partial charge on any atom is 0.339 e. The number of halogens is 3. The van der Waals surface area contributed by atoms with Gasteiger partial charge in [-0.05, 0) is 12.1 Å². The SMILES string of the molecule is CO[C@@H]([C@H](O)[C@H](O)C(=O)OC/N=N\N)[C@@H](O)C(=O)c1c(Cl)cc(Cl)cc1Cl. The van der Waals surface area contributed by atoms with Crippen molar-refractivity contribution in [2.75, 3.05) is 13.8 Å². The molecule has 0 aliphatic carbocycles. The third kappa shape index (κ3) is 5.98. The van der Waals surface area contributed by atoms with Gasteiger partial charge in [-0.1, -0.05) is 40.0 Å². The standard InChI is InChI=1S/C14H16Cl3N3O7/c1-26-13(11(23)12(24)14(25)27-4-19-20-18)10(22)9(21)8-6(16)2-5(15)3-7(8)17/h2-3,10-13,22-24H,4H2,1H3,(H2,18,19)/t10-,11+,12-,13+/m0/s1. The van der Waals surface area contributed by atoms with E-state index in [1.54, 1.807) is 0 Å². The summed E-state index contributed by atoms with van der Waals surface area (Å²) in [5, 5.41) is 36.0. The molecule has 0 saturated heterocycles. The Kier molecular flexibility index (Phi) is 9.33. The van der Waals surface area contributed by atoms with Gasteiger partial charge in [0.25, 0.3) is 0 Å². The van der Waals surface area contributed by atoms with Crippen LogP contribution in [0.2, 0.25) is 15.1 Å². The molecule has 0 amide bonds. The Bertz CT molecular complexity index is 696. The molecule has 27 heavy (non-hydrogen) atoms. The Morgan fingerprint density at radius 3 is 2.19 bits per heavy atom. The molecule has 1 aromatic rings. The maximum atomic E-state index is 12.5. The van der Waals surface area contributed by atoms with Crippen LogP contribution in [0.25, 0.3) is 0 Å². The number of carbonyl (C=O) groups excluding carboxylic acids is 2. The topological polar surface area (TPSA) is 164 Å². The van der Waals surface area contributed by atoms with Crippen molar-refractivity contribution >= 4 is 46.6 Å². The molecular weight excluding hydrogens is 429 g/mol. The van der Waals surface area contributed by atoms with Crippen LogP contribution >= 0.6 is 34.8 Å². The van der Waals surface area contributed by atoms with Crippen molar-refractivity contribution in [3.63, 3.8) is 0 Å². The number of ketones is 1. The van der Waals surface area contributed by atoms with Gasteiger partial charge in [0.15, 0.2) is 11.9 Å². The van der Waals surface area contributed by atoms with Crippen LogP contribution in [0.3, 0.4) is 0 Å². The fourth-order valence-electron chi connectivity index (χ4n) is 2.06. The zero-order chi connectivity index (χ0) is 20.7. The number of aliphatic hydroxyl groups excluding tert-OH is 3. The number of carbonyl (C=O) groups is 2. The molecule has 1 rings (SSSR count). The van der Waals surface area contributed by atoms with Gasteiger partial charge in [-0.2, -0.15) is 0 Å². The number of nitrogens with two attached hydrogens (primary N) is 1. The third-order valence-corrected chi connectivity index (χ3v) is 4.17. The normalized spacial score (nSPS) is 16.0. The Labute approximate surface area is 168 Å². The fourth-order valence-corrected chi connectivity index (χ4v) is 3.06. The summed E-state index contributed by atoms with van der Waals surface area (Å²) in [5.74, 6) is 2.39. The molecule has 0 unspecified atom stereocenters. The molecule has 0 fully saturated rings. The Balaban J connectivity index is 3.00. The molecule has 13 heteroatoms. The van der Waals surface area contributed by atoms with Crippen molar-refractivity contribution in [1.29, 1.82) is 0 Å². The molecule has 10 nitrogen and oxygen atoms in total. The number of aliphatic hydroxyl groups is 3. The minimum absolute atomic E-state index is 0.145. The molecule has 4 atom stereocenters. The summed E-state index contributed by atoms with van der Waals surface area (Å²) in [6.45, 7) is -0.603. The van der Waals surface area contributed by atoms with Crippen LogP contribution in [0, 0.1) is 0 Å². The highest BCUT2D eigenvalue weighted by Gasteiger charge is 2.40. The number of esters is 1. The number of methoxy groups -OCH3 is 1. The quantitative estimate of drug-likeness (QED) is 0.142. The number of ether oxygens (including phenoxy) is 2. The van der Waals surface area contributed by atoms with Gasteiger partial charge >= 0.3 is 5.97 Å². The Hall–Kier alpha value is -1.53. The summed E-state index contributed by atoms with van der Waals surface area (Å²) in [5.41, 5.74) is -0.273. The summed E-state index contributed by atoms with van der Waals surface area (Å²) < 4.78 is 9.32. The second-order valence-corrected chi connectivity index (χ2v) is 6.29. The van der Waals surface area contributed by atoms with Crippen molar-refractivity contribution in [3.8, 4) is 0 Å². The number of nitrogens with zero attached hydrogens (tertiary/aromatic N) is 2. The molecule has 0 heterocycles. The van der Waals surface area contributed by atoms with E-state index in [0.29, 0.717) is 0 Å². The predicted octanol–water partition coefficient (Wildman–Crippen LogP) is 0.754. The lowest BCUT2D eigenvalue weighted by molar-refractivity contribution is -0.169. The number of rotatable bonds is 9. The van der Waals surface area contributed by atoms with Crippen LogP contribution in [0.15, 0.2) is 22.5 Å². The van der Waals surface area contributed by atoms with Gasteiger partial charge < -0.3 is 30.6 Å². The molecule has 0 radical (unpaired) electrons. The molecule has 0 aromatic heterocycles. The first-order chi connectivity index (χ1) is 12.6. The highest BCUT2D eigenvalue weighted by Crippen LogP contribution is 2.31. The Morgan fingerprint density at radius 1 is 1.15 bits per heavy atom. The molecule has 0 spiro atoms. The smallest absolute Gasteiger partial charge is 0.339 e. The molecule has 0 aliphatic rings. The maximum absolute atomic E-state index is 12.5. The summed E-state index contributed by atoms with van der Waals surface area (Å²) in [7, 11) is 1.04. The van der Waals surface area contributed by atoms with E-state index in [4.69, 9.17) is 45.4 Å². The second-order valence-electron chi connectivity index (χ2n) is 5.04. The molecule has 0 aliphatic heterocycles. The van der Waals surface area contributed by atoms with Crippen molar-refractivity contribution in [1.82, 2.24) is 0 Å². The lowest BCUT2D eigenvalue weighted by atomic mass is 9.96. The van der Waals surface area contributed by atoms with E-state index < -0.39 is 42.9 Å². The number of hydrogen-bond acceptors (Lipinski definition) is 9. The van der Waals surface area contributed by atoms with E-state index in [1.807, 2.05) is 0 Å². The molecule has 0 bridgehead atoms. The van der Waals surface area contributed by atoms with Crippen LogP contribution in [0.4, 0.5) is 0 Å². The van der Waals surface area contributed by atoms with E-state index in [-0.39, 0.29) is 20.6 Å². The predicted molar refractivity (Wildman–Crippen MR) is 94.6 cm³/mol. The number of hydrogen-bond donors (Lipinski definition) is 4. The van der Waals surface area contributed by atoms with Crippen LogP contribution in [-0.2, 0) is 14.3 Å². The fraction of sp³-hybridized carbons (Fsp3) is 0.429. The van der Waals surface area contributed by atoms with E-state index in [1.165, 1.54) is 12.1 Å². The van der Waals surface area contributed by atoms with Crippen molar-refractivity contribution in [2.45, 2.75) is 24.4 Å². The number of benzene rings is 1. The van der Waals surface area contributed by atoms with Crippen molar-refractivity contribution in [3.05, 3.63) is 32.8 Å². The first-order valence-corrected chi connectivity index (χ1v) is 8.28. The lowest BCUT2D eigenvalue weighted by Gasteiger charge is -2.28. The monoisotopic (exact) mass is 443 g/mol. The van der Waals surface area contributed by atoms with E-state index in [9.17, 15) is 24.9 Å². The minimum Gasteiger partial charge on any atom is -0.439 e. The first-order valence-electron chi connectivity index (χ1n) is 7.14. The minimum atomic E-state index is -2.17. The number of Topliss-reactive ketones (excluding diaryl/α,β-unsaturated/α-hetero) is 1. The van der Waals surface area contributed by atoms with E-state index >= 15 is 0 Å². The summed E-state index contributed by atoms with van der Waals surface area (Å²) in [6, 6.07) is 2.46. The van der Waals surface area contributed by atoms with Gasteiger partial charge in [-0.25, -0.2) is 4.79 Å². The average molecular weight is 445 g/mol. The highest BCUT2D eigenvalue weighted by molar-refractivity contribution is 6.42. The highest BCUT2D eigenvalue weighted by atomic mass is 35.5. The van der Waals surface area contributed by atoms with E-state index in [0.717, 1.165) is 7.11 Å².